The van der Waals surface area contributed by atoms with Gasteiger partial charge in [0.15, 0.2) is 6.29 Å². The second kappa shape index (κ2) is 7.97. The fourth-order valence-electron chi connectivity index (χ4n) is 4.40. The fraction of sp³-hybridized carbons (Fsp3) is 0.391. The van der Waals surface area contributed by atoms with Crippen LogP contribution < -0.4 is 0 Å². The minimum atomic E-state index is -0.619. The van der Waals surface area contributed by atoms with E-state index >= 15 is 0 Å². The maximum atomic E-state index is 11.7. The summed E-state index contributed by atoms with van der Waals surface area (Å²) in [5.74, 6) is -0.599. The molecular formula is C23H24O6. The second-order valence-electron chi connectivity index (χ2n) is 7.38. The normalized spacial score (nSPS) is 22.1. The van der Waals surface area contributed by atoms with Gasteiger partial charge in [-0.25, -0.2) is 0 Å². The molecule has 1 spiro atoms. The summed E-state index contributed by atoms with van der Waals surface area (Å²) in [4.78, 5) is 23.3. The minimum Gasteiger partial charge on any atom is -0.469 e. The molecule has 1 saturated heterocycles. The van der Waals surface area contributed by atoms with Crippen LogP contribution in [-0.2, 0) is 40.4 Å². The number of carbonyl (C=O) groups is 2. The van der Waals surface area contributed by atoms with Gasteiger partial charge in [0.1, 0.15) is 0 Å². The van der Waals surface area contributed by atoms with E-state index in [2.05, 4.69) is 24.3 Å². The van der Waals surface area contributed by atoms with Crippen molar-refractivity contribution < 1.29 is 28.5 Å². The highest BCUT2D eigenvalue weighted by molar-refractivity contribution is 5.83. The maximum absolute atomic E-state index is 11.7. The van der Waals surface area contributed by atoms with E-state index in [1.165, 1.54) is 14.2 Å². The molecule has 152 valence electrons. The molecule has 0 amide bonds. The predicted octanol–water partition coefficient (Wildman–Crippen LogP) is 2.99. The molecule has 1 aliphatic heterocycles. The predicted molar refractivity (Wildman–Crippen MR) is 105 cm³/mol. The Balaban J connectivity index is 1.70. The van der Waals surface area contributed by atoms with Crippen molar-refractivity contribution in [1.29, 1.82) is 0 Å². The quantitative estimate of drug-likeness (QED) is 0.724. The van der Waals surface area contributed by atoms with Crippen molar-refractivity contribution >= 4 is 11.9 Å². The molecule has 6 heteroatoms. The largest absolute Gasteiger partial charge is 0.469 e. The van der Waals surface area contributed by atoms with Gasteiger partial charge in [0.25, 0.3) is 0 Å². The summed E-state index contributed by atoms with van der Waals surface area (Å²) in [6.45, 7) is 0.793. The van der Waals surface area contributed by atoms with Gasteiger partial charge in [-0.2, -0.15) is 0 Å². The van der Waals surface area contributed by atoms with Crippen LogP contribution >= 0.6 is 0 Å². The highest BCUT2D eigenvalue weighted by atomic mass is 16.7. The van der Waals surface area contributed by atoms with E-state index < -0.39 is 11.7 Å². The Morgan fingerprint density at radius 1 is 0.966 bits per heavy atom. The molecule has 0 unspecified atom stereocenters. The van der Waals surface area contributed by atoms with Crippen molar-refractivity contribution in [1.82, 2.24) is 0 Å². The summed E-state index contributed by atoms with van der Waals surface area (Å²) in [6, 6.07) is 14.4. The van der Waals surface area contributed by atoms with E-state index in [1.54, 1.807) is 0 Å². The Hall–Kier alpha value is -2.70. The third-order valence-electron chi connectivity index (χ3n) is 5.78. The number of aryl methyl sites for hydroxylation is 1. The average molecular weight is 396 g/mol. The van der Waals surface area contributed by atoms with Crippen LogP contribution in [0.4, 0.5) is 0 Å². The topological polar surface area (TPSA) is 71.1 Å². The Kier molecular flexibility index (Phi) is 5.39. The molecule has 1 aliphatic carbocycles. The maximum Gasteiger partial charge on any atom is 0.310 e. The lowest BCUT2D eigenvalue weighted by Gasteiger charge is -2.39. The Labute approximate surface area is 169 Å². The number of methoxy groups -OCH3 is 2. The van der Waals surface area contributed by atoms with Crippen LogP contribution in [0.1, 0.15) is 29.5 Å². The summed E-state index contributed by atoms with van der Waals surface area (Å²) in [5, 5.41) is 0. The van der Waals surface area contributed by atoms with Crippen molar-refractivity contribution in [2.24, 2.45) is 0 Å². The van der Waals surface area contributed by atoms with Crippen molar-refractivity contribution in [2.45, 2.75) is 31.0 Å². The standard InChI is InChI=1S/C23H24O6/c1-26-19(24)11-10-15-6-5-8-17-16-7-3-4-9-18(16)23(22(15)17)13-28-21(29-14-23)12-20(25)27-2/h3-9,21H,10-14H2,1-2H3. The molecule has 0 atom stereocenters. The number of ether oxygens (including phenoxy) is 4. The Morgan fingerprint density at radius 2 is 1.66 bits per heavy atom. The third kappa shape index (κ3) is 3.43. The van der Waals surface area contributed by atoms with Gasteiger partial charge in [-0.3, -0.25) is 9.59 Å². The zero-order valence-corrected chi connectivity index (χ0v) is 16.6. The molecular weight excluding hydrogens is 372 g/mol. The van der Waals surface area contributed by atoms with E-state index in [1.807, 2.05) is 18.2 Å². The van der Waals surface area contributed by atoms with Gasteiger partial charge in [0, 0.05) is 6.42 Å². The summed E-state index contributed by atoms with van der Waals surface area (Å²) in [6.07, 6.45) is 0.334. The van der Waals surface area contributed by atoms with Gasteiger partial charge in [0.05, 0.1) is 39.3 Å². The van der Waals surface area contributed by atoms with Gasteiger partial charge < -0.3 is 18.9 Å². The molecule has 4 rings (SSSR count). The minimum absolute atomic E-state index is 0.0606. The first-order chi connectivity index (χ1) is 14.1. The first-order valence-electron chi connectivity index (χ1n) is 9.68. The second-order valence-corrected chi connectivity index (χ2v) is 7.38. The number of carbonyl (C=O) groups excluding carboxylic acids is 2. The van der Waals surface area contributed by atoms with Gasteiger partial charge in [-0.15, -0.1) is 0 Å². The van der Waals surface area contributed by atoms with E-state index in [0.29, 0.717) is 26.1 Å². The highest BCUT2D eigenvalue weighted by Crippen LogP contribution is 2.52. The summed E-state index contributed by atoms with van der Waals surface area (Å²) in [7, 11) is 2.75. The lowest BCUT2D eigenvalue weighted by Crippen LogP contribution is -2.45. The molecule has 0 N–H and O–H groups in total. The van der Waals surface area contributed by atoms with Crippen LogP contribution in [0, 0.1) is 0 Å². The van der Waals surface area contributed by atoms with Crippen LogP contribution in [0.25, 0.3) is 11.1 Å². The highest BCUT2D eigenvalue weighted by Gasteiger charge is 2.48. The Morgan fingerprint density at radius 3 is 2.38 bits per heavy atom. The van der Waals surface area contributed by atoms with Gasteiger partial charge >= 0.3 is 11.9 Å². The van der Waals surface area contributed by atoms with Crippen molar-refractivity contribution in [2.75, 3.05) is 27.4 Å². The zero-order valence-electron chi connectivity index (χ0n) is 16.6. The lowest BCUT2D eigenvalue weighted by molar-refractivity contribution is -0.209. The average Bonchev–Trinajstić information content (AvgIpc) is 3.04. The number of hydrogen-bond donors (Lipinski definition) is 0. The van der Waals surface area contributed by atoms with Gasteiger partial charge in [0.2, 0.25) is 0 Å². The Bertz CT molecular complexity index is 927. The molecule has 1 fully saturated rings. The number of hydrogen-bond acceptors (Lipinski definition) is 6. The first-order valence-corrected chi connectivity index (χ1v) is 9.68. The van der Waals surface area contributed by atoms with Gasteiger partial charge in [-0.1, -0.05) is 42.5 Å². The SMILES string of the molecule is COC(=O)CCc1cccc2c1C1(COC(CC(=O)OC)OC1)c1ccccc1-2. The van der Waals surface area contributed by atoms with E-state index in [0.717, 1.165) is 27.8 Å². The van der Waals surface area contributed by atoms with Crippen LogP contribution in [0.5, 0.6) is 0 Å². The van der Waals surface area contributed by atoms with Gasteiger partial charge in [-0.05, 0) is 34.2 Å². The van der Waals surface area contributed by atoms with Crippen LogP contribution in [0.15, 0.2) is 42.5 Å². The smallest absolute Gasteiger partial charge is 0.310 e. The van der Waals surface area contributed by atoms with Crippen molar-refractivity contribution in [3.05, 3.63) is 59.2 Å². The molecule has 1 heterocycles. The molecule has 0 bridgehead atoms. The number of rotatable bonds is 5. The van der Waals surface area contributed by atoms with Crippen LogP contribution in [0.2, 0.25) is 0 Å². The van der Waals surface area contributed by atoms with Crippen molar-refractivity contribution in [3.63, 3.8) is 0 Å². The molecule has 2 aromatic rings. The number of fused-ring (bicyclic) bond motifs is 5. The van der Waals surface area contributed by atoms with E-state index in [-0.39, 0.29) is 18.4 Å². The third-order valence-corrected chi connectivity index (χ3v) is 5.78. The number of esters is 2. The molecule has 2 aliphatic rings. The molecule has 2 aromatic carbocycles. The molecule has 0 saturated carbocycles. The first kappa shape index (κ1) is 19.6. The molecule has 29 heavy (non-hydrogen) atoms. The zero-order chi connectivity index (χ0) is 20.4. The molecule has 0 radical (unpaired) electrons. The van der Waals surface area contributed by atoms with Crippen molar-refractivity contribution in [3.8, 4) is 11.1 Å². The monoisotopic (exact) mass is 396 g/mol. The lowest BCUT2D eigenvalue weighted by atomic mass is 9.76. The summed E-state index contributed by atoms with van der Waals surface area (Å²) in [5.41, 5.74) is 5.20. The number of benzene rings is 2. The van der Waals surface area contributed by atoms with E-state index in [9.17, 15) is 9.59 Å². The van der Waals surface area contributed by atoms with Crippen LogP contribution in [0.3, 0.4) is 0 Å². The molecule has 6 nitrogen and oxygen atoms in total. The van der Waals surface area contributed by atoms with E-state index in [4.69, 9.17) is 18.9 Å². The van der Waals surface area contributed by atoms with Crippen LogP contribution in [-0.4, -0.2) is 45.7 Å². The summed E-state index contributed by atoms with van der Waals surface area (Å²) < 4.78 is 21.5. The fourth-order valence-corrected chi connectivity index (χ4v) is 4.40. The molecule has 0 aromatic heterocycles. The summed E-state index contributed by atoms with van der Waals surface area (Å²) >= 11 is 0.